The number of benzodiazepines with no additional fused rings is 1. The Balaban J connectivity index is 2.23. The van der Waals surface area contributed by atoms with Gasteiger partial charge in [-0.05, 0) is 48.1 Å². The summed E-state index contributed by atoms with van der Waals surface area (Å²) in [4.78, 5) is 5.65. The molecule has 0 saturated heterocycles. The first-order chi connectivity index (χ1) is 11.7. The van der Waals surface area contributed by atoms with Crippen LogP contribution in [0, 0.1) is 0 Å². The molecule has 0 bridgehead atoms. The third-order valence-electron chi connectivity index (χ3n) is 4.57. The van der Waals surface area contributed by atoms with Crippen molar-refractivity contribution in [2.45, 2.75) is 40.0 Å². The number of nitrogens with one attached hydrogen (secondary N) is 1. The Morgan fingerprint density at radius 2 is 1.79 bits per heavy atom. The number of aryl methyl sites for hydroxylation is 3. The van der Waals surface area contributed by atoms with Gasteiger partial charge in [0.25, 0.3) is 0 Å². The summed E-state index contributed by atoms with van der Waals surface area (Å²) in [6.07, 6.45) is 3.03. The average molecular weight is 337 g/mol. The Hall–Kier alpha value is -2.00. The lowest BCUT2D eigenvalue weighted by molar-refractivity contribution is 1.08. The Morgan fingerprint density at radius 1 is 1.00 bits per heavy atom. The predicted octanol–water partition coefficient (Wildman–Crippen LogP) is 4.96. The molecule has 0 aromatic heterocycles. The van der Waals surface area contributed by atoms with Crippen LogP contribution in [0.4, 0.5) is 5.69 Å². The van der Waals surface area contributed by atoms with Crippen LogP contribution in [0.1, 0.15) is 48.6 Å². The van der Waals surface area contributed by atoms with Crippen molar-refractivity contribution in [2.24, 2.45) is 4.99 Å². The quantitative estimate of drug-likeness (QED) is 0.798. The molecule has 3 rings (SSSR count). The minimum absolute atomic E-state index is 0.542. The molecule has 2 aromatic carbocycles. The molecule has 1 N–H and O–H groups in total. The number of aliphatic imine (C=N–C) groups is 1. The molecule has 124 valence electrons. The van der Waals surface area contributed by atoms with E-state index < -0.39 is 0 Å². The van der Waals surface area contributed by atoms with E-state index in [1.54, 1.807) is 0 Å². The van der Waals surface area contributed by atoms with Crippen LogP contribution < -0.4 is 5.32 Å². The lowest BCUT2D eigenvalue weighted by Gasteiger charge is -2.17. The molecular formula is C21H24N2S. The van der Waals surface area contributed by atoms with Gasteiger partial charge >= 0.3 is 0 Å². The van der Waals surface area contributed by atoms with E-state index in [-0.39, 0.29) is 0 Å². The predicted molar refractivity (Wildman–Crippen MR) is 108 cm³/mol. The molecule has 0 saturated carbocycles. The maximum atomic E-state index is 5.46. The van der Waals surface area contributed by atoms with Crippen LogP contribution >= 0.6 is 12.2 Å². The molecule has 0 radical (unpaired) electrons. The number of anilines is 1. The van der Waals surface area contributed by atoms with Gasteiger partial charge in [-0.25, -0.2) is 0 Å². The fraction of sp³-hybridized carbons (Fsp3) is 0.333. The Bertz CT molecular complexity index is 805. The molecule has 24 heavy (non-hydrogen) atoms. The highest BCUT2D eigenvalue weighted by Gasteiger charge is 2.20. The van der Waals surface area contributed by atoms with E-state index >= 15 is 0 Å². The van der Waals surface area contributed by atoms with Gasteiger partial charge in [0.1, 0.15) is 4.99 Å². The van der Waals surface area contributed by atoms with Crippen molar-refractivity contribution in [3.63, 3.8) is 0 Å². The molecule has 3 heteroatoms. The van der Waals surface area contributed by atoms with Gasteiger partial charge in [0.2, 0.25) is 0 Å². The van der Waals surface area contributed by atoms with Gasteiger partial charge in [-0.2, -0.15) is 0 Å². The van der Waals surface area contributed by atoms with Crippen LogP contribution in [0.5, 0.6) is 0 Å². The van der Waals surface area contributed by atoms with Gasteiger partial charge in [0, 0.05) is 16.8 Å². The van der Waals surface area contributed by atoms with Crippen molar-refractivity contribution in [3.05, 3.63) is 64.2 Å². The van der Waals surface area contributed by atoms with Gasteiger partial charge in [-0.1, -0.05) is 57.3 Å². The molecule has 2 aromatic rings. The number of fused-ring (bicyclic) bond motifs is 1. The number of hydrogen-bond acceptors (Lipinski definition) is 2. The summed E-state index contributed by atoms with van der Waals surface area (Å²) in [5.74, 6) is 0. The zero-order chi connectivity index (χ0) is 17.1. The minimum Gasteiger partial charge on any atom is -0.348 e. The second-order valence-corrected chi connectivity index (χ2v) is 6.64. The summed E-state index contributed by atoms with van der Waals surface area (Å²) in [6, 6.07) is 13.2. The normalized spacial score (nSPS) is 13.8. The van der Waals surface area contributed by atoms with E-state index in [0.29, 0.717) is 6.54 Å². The van der Waals surface area contributed by atoms with E-state index in [1.165, 1.54) is 27.8 Å². The molecular weight excluding hydrogens is 312 g/mol. The molecule has 0 amide bonds. The number of benzene rings is 2. The van der Waals surface area contributed by atoms with Crippen molar-refractivity contribution in [1.29, 1.82) is 0 Å². The first-order valence-corrected chi connectivity index (χ1v) is 9.16. The highest BCUT2D eigenvalue weighted by atomic mass is 32.1. The Morgan fingerprint density at radius 3 is 2.50 bits per heavy atom. The maximum absolute atomic E-state index is 5.46. The van der Waals surface area contributed by atoms with Crippen LogP contribution in [0.15, 0.2) is 41.4 Å². The smallest absolute Gasteiger partial charge is 0.102 e. The average Bonchev–Trinajstić information content (AvgIpc) is 2.79. The largest absolute Gasteiger partial charge is 0.348 e. The lowest BCUT2D eigenvalue weighted by Crippen LogP contribution is -2.12. The molecule has 0 spiro atoms. The van der Waals surface area contributed by atoms with Crippen molar-refractivity contribution < 1.29 is 0 Å². The zero-order valence-corrected chi connectivity index (χ0v) is 15.5. The fourth-order valence-electron chi connectivity index (χ4n) is 3.22. The summed E-state index contributed by atoms with van der Waals surface area (Å²) < 4.78 is 0. The van der Waals surface area contributed by atoms with Crippen molar-refractivity contribution in [3.8, 4) is 0 Å². The van der Waals surface area contributed by atoms with Crippen LogP contribution in [-0.4, -0.2) is 17.2 Å². The summed E-state index contributed by atoms with van der Waals surface area (Å²) in [6.45, 7) is 7.12. The highest BCUT2D eigenvalue weighted by molar-refractivity contribution is 7.80. The Labute approximate surface area is 150 Å². The van der Waals surface area contributed by atoms with E-state index in [2.05, 4.69) is 62.5 Å². The maximum Gasteiger partial charge on any atom is 0.102 e. The molecule has 0 unspecified atom stereocenters. The monoisotopic (exact) mass is 336 g/mol. The highest BCUT2D eigenvalue weighted by Crippen LogP contribution is 2.29. The van der Waals surface area contributed by atoms with Crippen LogP contribution in [0.25, 0.3) is 0 Å². The van der Waals surface area contributed by atoms with E-state index in [1.807, 2.05) is 0 Å². The Kier molecular flexibility index (Phi) is 5.10. The number of hydrogen-bond donors (Lipinski definition) is 1. The second-order valence-electron chi connectivity index (χ2n) is 6.15. The molecule has 2 nitrogen and oxygen atoms in total. The van der Waals surface area contributed by atoms with Crippen LogP contribution in [0.2, 0.25) is 0 Å². The first-order valence-electron chi connectivity index (χ1n) is 8.76. The second kappa shape index (κ2) is 7.27. The van der Waals surface area contributed by atoms with Crippen LogP contribution in [0.3, 0.4) is 0 Å². The zero-order valence-electron chi connectivity index (χ0n) is 14.6. The van der Waals surface area contributed by atoms with Crippen molar-refractivity contribution >= 4 is 28.6 Å². The topological polar surface area (TPSA) is 24.4 Å². The number of thiocarbonyl (C=S) groups is 1. The lowest BCUT2D eigenvalue weighted by atomic mass is 9.91. The van der Waals surface area contributed by atoms with E-state index in [4.69, 9.17) is 17.2 Å². The van der Waals surface area contributed by atoms with Crippen molar-refractivity contribution in [2.75, 3.05) is 11.9 Å². The molecule has 1 aliphatic heterocycles. The fourth-order valence-corrected chi connectivity index (χ4v) is 3.40. The minimum atomic E-state index is 0.542. The van der Waals surface area contributed by atoms with Gasteiger partial charge in [-0.3, -0.25) is 4.99 Å². The summed E-state index contributed by atoms with van der Waals surface area (Å²) in [5.41, 5.74) is 8.57. The van der Waals surface area contributed by atoms with Crippen molar-refractivity contribution in [1.82, 2.24) is 0 Å². The van der Waals surface area contributed by atoms with Gasteiger partial charge < -0.3 is 5.32 Å². The SMILES string of the molecule is CCc1cccc(C2=NCC(=S)Nc3cc(CC)cc(CC)c32)c1. The summed E-state index contributed by atoms with van der Waals surface area (Å²) in [5, 5.41) is 3.42. The molecule has 0 aliphatic carbocycles. The molecule has 1 heterocycles. The van der Waals surface area contributed by atoms with Crippen LogP contribution in [-0.2, 0) is 19.3 Å². The molecule has 1 aliphatic rings. The third-order valence-corrected chi connectivity index (χ3v) is 4.80. The molecule has 0 atom stereocenters. The van der Waals surface area contributed by atoms with Gasteiger partial charge in [-0.15, -0.1) is 0 Å². The van der Waals surface area contributed by atoms with E-state index in [9.17, 15) is 0 Å². The number of nitrogens with zero attached hydrogens (tertiary/aromatic N) is 1. The standard InChI is InChI=1S/C21H24N2S/c1-4-14-8-7-9-17(10-14)21-20-16(6-3)11-15(5-2)12-18(20)23-19(24)13-22-21/h7-12H,4-6,13H2,1-3H3,(H,23,24). The molecule has 0 fully saturated rings. The van der Waals surface area contributed by atoms with E-state index in [0.717, 1.165) is 35.7 Å². The summed E-state index contributed by atoms with van der Waals surface area (Å²) >= 11 is 5.46. The van der Waals surface area contributed by atoms with Gasteiger partial charge in [0.15, 0.2) is 0 Å². The first kappa shape index (κ1) is 16.8. The van der Waals surface area contributed by atoms with Gasteiger partial charge in [0.05, 0.1) is 12.3 Å². The summed E-state index contributed by atoms with van der Waals surface area (Å²) in [7, 11) is 0. The number of rotatable bonds is 4. The third kappa shape index (κ3) is 3.27.